The van der Waals surface area contributed by atoms with Gasteiger partial charge in [0.2, 0.25) is 5.91 Å². The Kier molecular flexibility index (Phi) is 6.78. The van der Waals surface area contributed by atoms with Crippen LogP contribution in [0.25, 0.3) is 0 Å². The Morgan fingerprint density at radius 1 is 0.886 bits per heavy atom. The van der Waals surface area contributed by atoms with Crippen molar-refractivity contribution in [3.05, 3.63) is 102 Å². The second kappa shape index (κ2) is 9.93. The van der Waals surface area contributed by atoms with Gasteiger partial charge in [0, 0.05) is 17.2 Å². The van der Waals surface area contributed by atoms with Gasteiger partial charge in [-0.1, -0.05) is 74.5 Å². The van der Waals surface area contributed by atoms with Crippen LogP contribution in [0.5, 0.6) is 0 Å². The summed E-state index contributed by atoms with van der Waals surface area (Å²) in [7, 11) is 0. The maximum Gasteiger partial charge on any atom is 0.325 e. The second-order valence-corrected chi connectivity index (χ2v) is 8.60. The molecule has 1 aliphatic heterocycles. The number of anilines is 1. The highest BCUT2D eigenvalue weighted by atomic mass is 16.2. The molecule has 35 heavy (non-hydrogen) atoms. The van der Waals surface area contributed by atoms with E-state index in [2.05, 4.69) is 10.6 Å². The highest BCUT2D eigenvalue weighted by Crippen LogP contribution is 2.36. The number of imide groups is 1. The van der Waals surface area contributed by atoms with Crippen LogP contribution < -0.4 is 10.6 Å². The highest BCUT2D eigenvalue weighted by Gasteiger charge is 2.54. The van der Waals surface area contributed by atoms with Crippen LogP contribution in [0.1, 0.15) is 41.8 Å². The van der Waals surface area contributed by atoms with Crippen LogP contribution in [0.4, 0.5) is 10.5 Å². The number of nitrogens with one attached hydrogen (secondary N) is 2. The molecule has 1 aliphatic rings. The number of carbonyl (C=O) groups is 4. The monoisotopic (exact) mass is 469 g/mol. The van der Waals surface area contributed by atoms with E-state index < -0.39 is 24.0 Å². The van der Waals surface area contributed by atoms with E-state index in [1.54, 1.807) is 72.8 Å². The van der Waals surface area contributed by atoms with Gasteiger partial charge < -0.3 is 10.6 Å². The molecule has 0 radical (unpaired) electrons. The third-order valence-electron chi connectivity index (χ3n) is 6.36. The van der Waals surface area contributed by atoms with Gasteiger partial charge in [-0.2, -0.15) is 0 Å². The summed E-state index contributed by atoms with van der Waals surface area (Å²) in [5, 5.41) is 5.66. The Balaban J connectivity index is 1.56. The molecular weight excluding hydrogens is 442 g/mol. The molecule has 0 saturated carbocycles. The van der Waals surface area contributed by atoms with E-state index in [1.165, 1.54) is 0 Å². The van der Waals surface area contributed by atoms with Crippen molar-refractivity contribution in [1.29, 1.82) is 0 Å². The number of rotatable bonds is 8. The van der Waals surface area contributed by atoms with Crippen molar-refractivity contribution in [2.45, 2.75) is 25.8 Å². The fourth-order valence-corrected chi connectivity index (χ4v) is 4.08. The molecule has 4 rings (SSSR count). The van der Waals surface area contributed by atoms with Crippen molar-refractivity contribution in [3.63, 3.8) is 0 Å². The molecule has 0 spiro atoms. The molecule has 3 aromatic rings. The van der Waals surface area contributed by atoms with Crippen molar-refractivity contribution < 1.29 is 19.2 Å². The Hall–Kier alpha value is -4.26. The quantitative estimate of drug-likeness (QED) is 0.379. The van der Waals surface area contributed by atoms with E-state index in [0.717, 1.165) is 11.3 Å². The van der Waals surface area contributed by atoms with Crippen LogP contribution in [0.2, 0.25) is 0 Å². The number of nitrogens with zero attached hydrogens (tertiary/aromatic N) is 1. The van der Waals surface area contributed by atoms with E-state index in [4.69, 9.17) is 0 Å². The van der Waals surface area contributed by atoms with Crippen LogP contribution in [0.3, 0.4) is 0 Å². The van der Waals surface area contributed by atoms with Crippen LogP contribution in [-0.2, 0) is 15.1 Å². The normalized spacial score (nSPS) is 15.4. The Morgan fingerprint density at radius 2 is 1.43 bits per heavy atom. The smallest absolute Gasteiger partial charge is 0.325 e. The van der Waals surface area contributed by atoms with Crippen molar-refractivity contribution in [2.75, 3.05) is 11.9 Å². The second-order valence-electron chi connectivity index (χ2n) is 8.60. The van der Waals surface area contributed by atoms with Crippen molar-refractivity contribution in [1.82, 2.24) is 10.2 Å². The van der Waals surface area contributed by atoms with Crippen LogP contribution >= 0.6 is 0 Å². The summed E-state index contributed by atoms with van der Waals surface area (Å²) in [5.74, 6) is -1.11. The van der Waals surface area contributed by atoms with Gasteiger partial charge in [0.25, 0.3) is 5.91 Å². The van der Waals surface area contributed by atoms with E-state index in [0.29, 0.717) is 22.4 Å². The maximum absolute atomic E-state index is 13.7. The van der Waals surface area contributed by atoms with Crippen molar-refractivity contribution in [2.24, 2.45) is 5.92 Å². The minimum atomic E-state index is -1.41. The van der Waals surface area contributed by atoms with Crippen LogP contribution in [-0.4, -0.2) is 35.1 Å². The molecule has 1 saturated heterocycles. The van der Waals surface area contributed by atoms with Gasteiger partial charge in [0.1, 0.15) is 0 Å². The first-order valence-electron chi connectivity index (χ1n) is 11.6. The maximum atomic E-state index is 13.7. The lowest BCUT2D eigenvalue weighted by Gasteiger charge is -2.28. The summed E-state index contributed by atoms with van der Waals surface area (Å²) in [4.78, 5) is 52.7. The molecule has 2 N–H and O–H groups in total. The largest absolute Gasteiger partial charge is 0.326 e. The summed E-state index contributed by atoms with van der Waals surface area (Å²) in [6.07, 6.45) is 0.724. The molecule has 0 aromatic heterocycles. The summed E-state index contributed by atoms with van der Waals surface area (Å²) >= 11 is 0. The molecule has 0 aliphatic carbocycles. The summed E-state index contributed by atoms with van der Waals surface area (Å²) in [6.45, 7) is 3.38. The molecule has 178 valence electrons. The molecule has 1 heterocycles. The number of hydrogen-bond donors (Lipinski definition) is 2. The molecule has 3 aromatic carbocycles. The van der Waals surface area contributed by atoms with Crippen LogP contribution in [0, 0.1) is 5.92 Å². The van der Waals surface area contributed by atoms with Gasteiger partial charge in [-0.3, -0.25) is 19.3 Å². The van der Waals surface area contributed by atoms with Crippen molar-refractivity contribution in [3.8, 4) is 0 Å². The SMILES string of the molecule is CCC(C)C(=O)Nc1ccc(C(=O)CN2C(=O)NC(c3ccccc3)(c3ccccc3)C2=O)cc1. The molecule has 4 amide bonds. The van der Waals surface area contributed by atoms with Gasteiger partial charge in [-0.05, 0) is 41.8 Å². The first-order chi connectivity index (χ1) is 16.9. The van der Waals surface area contributed by atoms with E-state index in [1.807, 2.05) is 26.0 Å². The number of benzene rings is 3. The first-order valence-corrected chi connectivity index (χ1v) is 11.6. The Bertz CT molecular complexity index is 1200. The zero-order valence-electron chi connectivity index (χ0n) is 19.7. The zero-order valence-corrected chi connectivity index (χ0v) is 19.7. The van der Waals surface area contributed by atoms with Gasteiger partial charge >= 0.3 is 6.03 Å². The number of urea groups is 1. The average molecular weight is 470 g/mol. The van der Waals surface area contributed by atoms with Gasteiger partial charge in [-0.15, -0.1) is 0 Å². The summed E-state index contributed by atoms with van der Waals surface area (Å²) < 4.78 is 0. The molecule has 1 unspecified atom stereocenters. The predicted octanol–water partition coefficient (Wildman–Crippen LogP) is 4.35. The Labute approximate surface area is 204 Å². The fraction of sp³-hybridized carbons (Fsp3) is 0.214. The number of carbonyl (C=O) groups excluding carboxylic acids is 4. The van der Waals surface area contributed by atoms with Crippen LogP contribution in [0.15, 0.2) is 84.9 Å². The molecule has 0 bridgehead atoms. The molecular formula is C28H27N3O4. The third kappa shape index (κ3) is 4.57. The minimum Gasteiger partial charge on any atom is -0.326 e. The molecule has 7 heteroatoms. The third-order valence-corrected chi connectivity index (χ3v) is 6.36. The van der Waals surface area contributed by atoms with Crippen molar-refractivity contribution >= 4 is 29.3 Å². The summed E-state index contributed by atoms with van der Waals surface area (Å²) in [5.41, 5.74) is 0.726. The number of ketones is 1. The molecule has 7 nitrogen and oxygen atoms in total. The summed E-state index contributed by atoms with van der Waals surface area (Å²) in [6, 6.07) is 23.8. The van der Waals surface area contributed by atoms with Gasteiger partial charge in [0.15, 0.2) is 11.3 Å². The highest BCUT2D eigenvalue weighted by molar-refractivity contribution is 6.13. The lowest BCUT2D eigenvalue weighted by atomic mass is 9.82. The topological polar surface area (TPSA) is 95.6 Å². The number of amides is 4. The number of hydrogen-bond acceptors (Lipinski definition) is 4. The van der Waals surface area contributed by atoms with E-state index >= 15 is 0 Å². The zero-order chi connectivity index (χ0) is 25.0. The number of Topliss-reactive ketones (excluding diaryl/α,β-unsaturated/α-hetero) is 1. The lowest BCUT2D eigenvalue weighted by molar-refractivity contribution is -0.130. The van der Waals surface area contributed by atoms with E-state index in [-0.39, 0.29) is 17.6 Å². The molecule has 1 fully saturated rings. The van der Waals surface area contributed by atoms with Gasteiger partial charge in [-0.25, -0.2) is 4.79 Å². The Morgan fingerprint density at radius 3 is 1.94 bits per heavy atom. The average Bonchev–Trinajstić information content (AvgIpc) is 3.15. The van der Waals surface area contributed by atoms with E-state index in [9.17, 15) is 19.2 Å². The first kappa shape index (κ1) is 23.9. The predicted molar refractivity (Wildman–Crippen MR) is 133 cm³/mol. The van der Waals surface area contributed by atoms with Gasteiger partial charge in [0.05, 0.1) is 6.54 Å². The fourth-order valence-electron chi connectivity index (χ4n) is 4.08. The minimum absolute atomic E-state index is 0.0934. The lowest BCUT2D eigenvalue weighted by Crippen LogP contribution is -2.45. The standard InChI is InChI=1S/C28H27N3O4/c1-3-19(2)25(33)29-23-16-14-20(15-17-23)24(32)18-31-26(34)28(30-27(31)35,21-10-6-4-7-11-21)22-12-8-5-9-13-22/h4-17,19H,3,18H2,1-2H3,(H,29,33)(H,30,35). The molecule has 1 atom stereocenters.